The molecule has 3 nitrogen and oxygen atoms in total. The monoisotopic (exact) mass is 284 g/mol. The zero-order chi connectivity index (χ0) is 14.8. The molecule has 108 valence electrons. The van der Waals surface area contributed by atoms with E-state index in [-0.39, 0.29) is 23.8 Å². The van der Waals surface area contributed by atoms with E-state index in [4.69, 9.17) is 0 Å². The predicted octanol–water partition coefficient (Wildman–Crippen LogP) is 3.04. The zero-order valence-corrected chi connectivity index (χ0v) is 11.8. The number of amides is 1. The van der Waals surface area contributed by atoms with Gasteiger partial charge in [-0.25, -0.2) is 4.39 Å². The topological polar surface area (TPSA) is 41.1 Å². The lowest BCUT2D eigenvalue weighted by molar-refractivity contribution is -0.122. The van der Waals surface area contributed by atoms with E-state index in [0.29, 0.717) is 6.42 Å². The van der Waals surface area contributed by atoms with Crippen molar-refractivity contribution in [3.05, 3.63) is 65.5 Å². The van der Waals surface area contributed by atoms with Crippen molar-refractivity contribution < 1.29 is 9.18 Å². The minimum absolute atomic E-state index is 0.0667. The van der Waals surface area contributed by atoms with Crippen molar-refractivity contribution in [2.45, 2.75) is 25.4 Å². The van der Waals surface area contributed by atoms with Crippen LogP contribution in [0.3, 0.4) is 0 Å². The van der Waals surface area contributed by atoms with Gasteiger partial charge in [-0.05, 0) is 36.2 Å². The van der Waals surface area contributed by atoms with Gasteiger partial charge in [-0.15, -0.1) is 0 Å². The fourth-order valence-corrected chi connectivity index (χ4v) is 2.63. The van der Waals surface area contributed by atoms with Crippen molar-refractivity contribution in [1.82, 2.24) is 5.32 Å². The molecule has 2 atom stereocenters. The summed E-state index contributed by atoms with van der Waals surface area (Å²) in [4.78, 5) is 12.3. The lowest BCUT2D eigenvalue weighted by Crippen LogP contribution is -2.39. The van der Waals surface area contributed by atoms with Gasteiger partial charge in [0.1, 0.15) is 11.9 Å². The summed E-state index contributed by atoms with van der Waals surface area (Å²) in [7, 11) is 0. The van der Waals surface area contributed by atoms with Crippen molar-refractivity contribution in [2.75, 3.05) is 5.32 Å². The maximum absolute atomic E-state index is 13.2. The maximum Gasteiger partial charge on any atom is 0.243 e. The fourth-order valence-electron chi connectivity index (χ4n) is 2.63. The van der Waals surface area contributed by atoms with Crippen LogP contribution in [-0.2, 0) is 11.2 Å². The highest BCUT2D eigenvalue weighted by Gasteiger charge is 2.27. The number of benzene rings is 2. The second-order valence-electron chi connectivity index (χ2n) is 5.34. The number of para-hydroxylation sites is 1. The Morgan fingerprint density at radius 2 is 2.10 bits per heavy atom. The fraction of sp³-hybridized carbons (Fsp3) is 0.235. The maximum atomic E-state index is 13.2. The van der Waals surface area contributed by atoms with Crippen LogP contribution in [0.25, 0.3) is 0 Å². The number of hydrogen-bond donors (Lipinski definition) is 2. The molecule has 3 rings (SSSR count). The van der Waals surface area contributed by atoms with Gasteiger partial charge in [0.25, 0.3) is 0 Å². The van der Waals surface area contributed by atoms with Crippen LogP contribution in [-0.4, -0.2) is 11.9 Å². The molecule has 0 saturated heterocycles. The molecule has 2 N–H and O–H groups in total. The third-order valence-electron chi connectivity index (χ3n) is 3.80. The van der Waals surface area contributed by atoms with Crippen LogP contribution >= 0.6 is 0 Å². The predicted molar refractivity (Wildman–Crippen MR) is 80.5 cm³/mol. The van der Waals surface area contributed by atoms with E-state index in [1.165, 1.54) is 12.1 Å². The molecule has 0 bridgehead atoms. The lowest BCUT2D eigenvalue weighted by atomic mass is 10.1. The van der Waals surface area contributed by atoms with Gasteiger partial charge in [0.2, 0.25) is 5.91 Å². The molecule has 1 aliphatic heterocycles. The van der Waals surface area contributed by atoms with Crippen LogP contribution in [0.1, 0.15) is 24.1 Å². The molecule has 2 aromatic rings. The first-order chi connectivity index (χ1) is 10.1. The average molecular weight is 284 g/mol. The molecule has 0 saturated carbocycles. The van der Waals surface area contributed by atoms with E-state index >= 15 is 0 Å². The molecule has 1 unspecified atom stereocenters. The Morgan fingerprint density at radius 3 is 2.86 bits per heavy atom. The third-order valence-corrected chi connectivity index (χ3v) is 3.80. The lowest BCUT2D eigenvalue weighted by Gasteiger charge is -2.18. The second kappa shape index (κ2) is 5.56. The Labute approximate surface area is 123 Å². The van der Waals surface area contributed by atoms with Crippen molar-refractivity contribution in [3.63, 3.8) is 0 Å². The summed E-state index contributed by atoms with van der Waals surface area (Å²) in [6.07, 6.45) is 0.678. The van der Waals surface area contributed by atoms with Crippen LogP contribution in [0.15, 0.2) is 48.5 Å². The first kappa shape index (κ1) is 13.6. The van der Waals surface area contributed by atoms with Crippen LogP contribution in [0.2, 0.25) is 0 Å². The Hall–Kier alpha value is -2.36. The Balaban J connectivity index is 1.65. The van der Waals surface area contributed by atoms with Gasteiger partial charge in [-0.1, -0.05) is 30.3 Å². The standard InChI is InChI=1S/C17H17FN2O/c1-11(12-6-4-7-14(18)9-12)19-17(21)16-10-13-5-2-3-8-15(13)20-16/h2-9,11,16,20H,10H2,1H3,(H,19,21)/t11-,16?/m1/s1. The average Bonchev–Trinajstić information content (AvgIpc) is 2.91. The number of nitrogens with one attached hydrogen (secondary N) is 2. The highest BCUT2D eigenvalue weighted by Crippen LogP contribution is 2.25. The zero-order valence-electron chi connectivity index (χ0n) is 11.8. The van der Waals surface area contributed by atoms with Crippen LogP contribution in [0, 0.1) is 5.82 Å². The summed E-state index contributed by atoms with van der Waals surface area (Å²) in [5, 5.41) is 6.15. The molecule has 1 amide bonds. The van der Waals surface area contributed by atoms with E-state index in [0.717, 1.165) is 16.8 Å². The molecular formula is C17H17FN2O. The minimum Gasteiger partial charge on any atom is -0.373 e. The molecule has 4 heteroatoms. The smallest absolute Gasteiger partial charge is 0.243 e. The quantitative estimate of drug-likeness (QED) is 0.909. The summed E-state index contributed by atoms with van der Waals surface area (Å²) in [5.41, 5.74) is 2.92. The number of fused-ring (bicyclic) bond motifs is 1. The van der Waals surface area contributed by atoms with Gasteiger partial charge in [-0.2, -0.15) is 0 Å². The Kier molecular flexibility index (Phi) is 3.60. The van der Waals surface area contributed by atoms with Gasteiger partial charge in [0.15, 0.2) is 0 Å². The highest BCUT2D eigenvalue weighted by molar-refractivity contribution is 5.87. The number of anilines is 1. The molecule has 1 aliphatic rings. The van der Waals surface area contributed by atoms with Crippen LogP contribution in [0.5, 0.6) is 0 Å². The molecule has 0 radical (unpaired) electrons. The molecule has 21 heavy (non-hydrogen) atoms. The molecule has 0 spiro atoms. The van der Waals surface area contributed by atoms with E-state index in [1.807, 2.05) is 37.3 Å². The molecule has 1 heterocycles. The molecule has 0 aromatic heterocycles. The number of rotatable bonds is 3. The van der Waals surface area contributed by atoms with Gasteiger partial charge >= 0.3 is 0 Å². The highest BCUT2D eigenvalue weighted by atomic mass is 19.1. The van der Waals surface area contributed by atoms with Crippen LogP contribution < -0.4 is 10.6 Å². The van der Waals surface area contributed by atoms with E-state index in [9.17, 15) is 9.18 Å². The van der Waals surface area contributed by atoms with Crippen molar-refractivity contribution >= 4 is 11.6 Å². The van der Waals surface area contributed by atoms with Gasteiger partial charge in [0.05, 0.1) is 6.04 Å². The van der Waals surface area contributed by atoms with E-state index in [2.05, 4.69) is 10.6 Å². The SMILES string of the molecule is C[C@@H](NC(=O)C1Cc2ccccc2N1)c1cccc(F)c1. The van der Waals surface area contributed by atoms with Crippen molar-refractivity contribution in [1.29, 1.82) is 0 Å². The summed E-state index contributed by atoms with van der Waals surface area (Å²) in [6, 6.07) is 13.7. The second-order valence-corrected chi connectivity index (χ2v) is 5.34. The van der Waals surface area contributed by atoms with Crippen molar-refractivity contribution in [2.24, 2.45) is 0 Å². The van der Waals surface area contributed by atoms with E-state index < -0.39 is 0 Å². The van der Waals surface area contributed by atoms with Gasteiger partial charge in [0, 0.05) is 12.1 Å². The summed E-state index contributed by atoms with van der Waals surface area (Å²) in [6.45, 7) is 1.86. The molecular weight excluding hydrogens is 267 g/mol. The number of carbonyl (C=O) groups is 1. The number of hydrogen-bond acceptors (Lipinski definition) is 2. The summed E-state index contributed by atoms with van der Waals surface area (Å²) in [5.74, 6) is -0.358. The first-order valence-electron chi connectivity index (χ1n) is 7.04. The van der Waals surface area contributed by atoms with Gasteiger partial charge in [-0.3, -0.25) is 4.79 Å². The number of halogens is 1. The summed E-state index contributed by atoms with van der Waals surface area (Å²) >= 11 is 0. The minimum atomic E-state index is -0.292. The van der Waals surface area contributed by atoms with Crippen LogP contribution in [0.4, 0.5) is 10.1 Å². The van der Waals surface area contributed by atoms with Gasteiger partial charge < -0.3 is 10.6 Å². The summed E-state index contributed by atoms with van der Waals surface area (Å²) < 4.78 is 13.2. The first-order valence-corrected chi connectivity index (χ1v) is 7.04. The van der Waals surface area contributed by atoms with Crippen molar-refractivity contribution in [3.8, 4) is 0 Å². The largest absolute Gasteiger partial charge is 0.373 e. The number of carbonyl (C=O) groups excluding carboxylic acids is 1. The molecule has 0 aliphatic carbocycles. The Bertz CT molecular complexity index is 646. The normalized spacial score (nSPS) is 17.7. The third kappa shape index (κ3) is 2.89. The Morgan fingerprint density at radius 1 is 1.29 bits per heavy atom. The van der Waals surface area contributed by atoms with E-state index in [1.54, 1.807) is 6.07 Å². The molecule has 2 aromatic carbocycles. The molecule has 0 fully saturated rings.